The Morgan fingerprint density at radius 2 is 1.84 bits per heavy atom. The maximum atomic E-state index is 12.6. The number of anilines is 4. The molecule has 4 heterocycles. The molecule has 5 rings (SSSR count). The lowest BCUT2D eigenvalue weighted by Gasteiger charge is -2.34. The molecule has 0 atom stereocenters. The molecule has 1 aromatic carbocycles. The van der Waals surface area contributed by atoms with Crippen molar-refractivity contribution in [2.75, 3.05) is 55.3 Å². The van der Waals surface area contributed by atoms with E-state index < -0.39 is 5.60 Å². The number of rotatable bonds is 4. The van der Waals surface area contributed by atoms with Crippen molar-refractivity contribution in [3.63, 3.8) is 0 Å². The van der Waals surface area contributed by atoms with Crippen LogP contribution in [-0.4, -0.2) is 70.6 Å². The van der Waals surface area contributed by atoms with E-state index in [1.807, 2.05) is 43.2 Å². The number of hydrogen-bond acceptors (Lipinski definition) is 8. The van der Waals surface area contributed by atoms with Crippen molar-refractivity contribution >= 4 is 34.8 Å². The highest BCUT2D eigenvalue weighted by atomic mass is 16.6. The van der Waals surface area contributed by atoms with Crippen molar-refractivity contribution in [3.8, 4) is 0 Å². The number of carbonyl (C=O) groups excluding carboxylic acids is 1. The van der Waals surface area contributed by atoms with Gasteiger partial charge in [0.2, 0.25) is 0 Å². The highest BCUT2D eigenvalue weighted by Crippen LogP contribution is 2.38. The van der Waals surface area contributed by atoms with Crippen molar-refractivity contribution in [1.82, 2.24) is 19.5 Å². The molecule has 0 unspecified atom stereocenters. The van der Waals surface area contributed by atoms with Gasteiger partial charge in [0.25, 0.3) is 0 Å². The molecule has 0 aliphatic carbocycles. The van der Waals surface area contributed by atoms with Gasteiger partial charge in [-0.15, -0.1) is 5.10 Å². The zero-order chi connectivity index (χ0) is 27.0. The first-order valence-corrected chi connectivity index (χ1v) is 13.4. The van der Waals surface area contributed by atoms with E-state index in [1.165, 1.54) is 11.1 Å². The first-order valence-electron chi connectivity index (χ1n) is 13.4. The summed E-state index contributed by atoms with van der Waals surface area (Å²) in [6.45, 7) is 14.1. The van der Waals surface area contributed by atoms with Crippen LogP contribution in [0.1, 0.15) is 56.4 Å². The number of hydrogen-bond donors (Lipinski definition) is 2. The largest absolute Gasteiger partial charge is 0.444 e. The van der Waals surface area contributed by atoms with Gasteiger partial charge in [0.1, 0.15) is 5.60 Å². The third-order valence-corrected chi connectivity index (χ3v) is 7.24. The van der Waals surface area contributed by atoms with E-state index in [9.17, 15) is 4.79 Å². The predicted molar refractivity (Wildman–Crippen MR) is 149 cm³/mol. The van der Waals surface area contributed by atoms with Crippen LogP contribution in [0, 0.1) is 13.8 Å². The standard InChI is InChI=1S/C28H39N7O3/c1-18-7-6-8-22(24(18)20-9-11-34(12-10-20)27(36)38-28(3,4)5)31-25-19(2)30-26-21(29)17-23(32-35(25)26)33-13-15-37-16-14-33/h6-8,17,20,31H,9-16,29H2,1-5H3. The Kier molecular flexibility index (Phi) is 7.09. The highest BCUT2D eigenvalue weighted by Gasteiger charge is 2.29. The molecule has 2 aliphatic heterocycles. The number of imidazole rings is 1. The van der Waals surface area contributed by atoms with Gasteiger partial charge in [0.05, 0.1) is 24.6 Å². The van der Waals surface area contributed by atoms with Crippen LogP contribution in [0.5, 0.6) is 0 Å². The number of nitrogens with two attached hydrogens (primary N) is 1. The van der Waals surface area contributed by atoms with Crippen LogP contribution in [0.3, 0.4) is 0 Å². The Bertz CT molecular complexity index is 1320. The van der Waals surface area contributed by atoms with E-state index in [0.717, 1.165) is 48.9 Å². The minimum Gasteiger partial charge on any atom is -0.444 e. The average Bonchev–Trinajstić information content (AvgIpc) is 3.19. The summed E-state index contributed by atoms with van der Waals surface area (Å²) in [6, 6.07) is 8.22. The van der Waals surface area contributed by atoms with Gasteiger partial charge in [0, 0.05) is 37.9 Å². The van der Waals surface area contributed by atoms with Crippen LogP contribution in [0.15, 0.2) is 24.3 Å². The van der Waals surface area contributed by atoms with E-state index in [2.05, 4.69) is 35.3 Å². The van der Waals surface area contributed by atoms with Gasteiger partial charge in [-0.3, -0.25) is 0 Å². The molecule has 0 radical (unpaired) electrons. The number of amides is 1. The number of morpholine rings is 1. The quantitative estimate of drug-likeness (QED) is 0.512. The molecule has 1 amide bonds. The maximum absolute atomic E-state index is 12.6. The molecule has 0 saturated carbocycles. The number of carbonyl (C=O) groups is 1. The van der Waals surface area contributed by atoms with E-state index in [4.69, 9.17) is 25.3 Å². The number of fused-ring (bicyclic) bond motifs is 1. The van der Waals surface area contributed by atoms with E-state index in [-0.39, 0.29) is 6.09 Å². The zero-order valence-corrected chi connectivity index (χ0v) is 23.1. The lowest BCUT2D eigenvalue weighted by Crippen LogP contribution is -2.41. The molecular formula is C28H39N7O3. The summed E-state index contributed by atoms with van der Waals surface area (Å²) >= 11 is 0. The second-order valence-corrected chi connectivity index (χ2v) is 11.2. The lowest BCUT2D eigenvalue weighted by atomic mass is 9.85. The summed E-state index contributed by atoms with van der Waals surface area (Å²) in [5, 5.41) is 8.58. The number of likely N-dealkylation sites (tertiary alicyclic amines) is 1. The van der Waals surface area contributed by atoms with Crippen molar-refractivity contribution in [1.29, 1.82) is 0 Å². The highest BCUT2D eigenvalue weighted by molar-refractivity contribution is 5.75. The third kappa shape index (κ3) is 5.36. The molecule has 2 fully saturated rings. The normalized spacial score (nSPS) is 17.2. The summed E-state index contributed by atoms with van der Waals surface area (Å²) in [6.07, 6.45) is 1.51. The van der Waals surface area contributed by atoms with Gasteiger partial charge in [-0.2, -0.15) is 4.52 Å². The summed E-state index contributed by atoms with van der Waals surface area (Å²) in [7, 11) is 0. The Morgan fingerprint density at radius 3 is 2.53 bits per heavy atom. The van der Waals surface area contributed by atoms with Crippen molar-refractivity contribution < 1.29 is 14.3 Å². The van der Waals surface area contributed by atoms with Crippen LogP contribution in [-0.2, 0) is 9.47 Å². The number of aromatic nitrogens is 3. The molecule has 204 valence electrons. The topological polar surface area (TPSA) is 110 Å². The second kappa shape index (κ2) is 10.3. The smallest absolute Gasteiger partial charge is 0.410 e. The average molecular weight is 522 g/mol. The molecule has 3 N–H and O–H groups in total. The minimum absolute atomic E-state index is 0.236. The van der Waals surface area contributed by atoms with E-state index in [0.29, 0.717) is 43.6 Å². The number of benzene rings is 1. The van der Waals surface area contributed by atoms with Gasteiger partial charge >= 0.3 is 6.09 Å². The molecule has 0 bridgehead atoms. The van der Waals surface area contributed by atoms with Crippen LogP contribution in [0.25, 0.3) is 5.65 Å². The molecule has 2 aliphatic rings. The molecule has 10 nitrogen and oxygen atoms in total. The van der Waals surface area contributed by atoms with Gasteiger partial charge in [-0.05, 0) is 70.6 Å². The maximum Gasteiger partial charge on any atom is 0.410 e. The zero-order valence-electron chi connectivity index (χ0n) is 23.1. The van der Waals surface area contributed by atoms with Crippen LogP contribution in [0.4, 0.5) is 27.8 Å². The van der Waals surface area contributed by atoms with Crippen LogP contribution >= 0.6 is 0 Å². The first-order chi connectivity index (χ1) is 18.1. The molecule has 38 heavy (non-hydrogen) atoms. The number of aryl methyl sites for hydroxylation is 2. The lowest BCUT2D eigenvalue weighted by molar-refractivity contribution is 0.0205. The fraction of sp³-hybridized carbons (Fsp3) is 0.536. The fourth-order valence-electron chi connectivity index (χ4n) is 5.36. The molecular weight excluding hydrogens is 482 g/mol. The summed E-state index contributed by atoms with van der Waals surface area (Å²) in [4.78, 5) is 21.3. The van der Waals surface area contributed by atoms with Gasteiger partial charge < -0.3 is 30.3 Å². The van der Waals surface area contributed by atoms with Crippen molar-refractivity contribution in [2.45, 2.75) is 59.0 Å². The first kappa shape index (κ1) is 26.1. The monoisotopic (exact) mass is 521 g/mol. The van der Waals surface area contributed by atoms with Crippen molar-refractivity contribution in [2.24, 2.45) is 0 Å². The number of nitrogens with one attached hydrogen (secondary N) is 1. The molecule has 2 aromatic heterocycles. The van der Waals surface area contributed by atoms with Crippen LogP contribution in [0.2, 0.25) is 0 Å². The van der Waals surface area contributed by atoms with Gasteiger partial charge in [-0.25, -0.2) is 9.78 Å². The number of piperidine rings is 1. The summed E-state index contributed by atoms with van der Waals surface area (Å²) < 4.78 is 12.9. The van der Waals surface area contributed by atoms with Gasteiger partial charge in [0.15, 0.2) is 17.3 Å². The molecule has 2 saturated heterocycles. The third-order valence-electron chi connectivity index (χ3n) is 7.24. The van der Waals surface area contributed by atoms with Crippen LogP contribution < -0.4 is 16.0 Å². The van der Waals surface area contributed by atoms with E-state index in [1.54, 1.807) is 0 Å². The Morgan fingerprint density at radius 1 is 1.13 bits per heavy atom. The minimum atomic E-state index is -0.494. The Balaban J connectivity index is 1.41. The Labute approximate surface area is 224 Å². The van der Waals surface area contributed by atoms with Crippen molar-refractivity contribution in [3.05, 3.63) is 41.1 Å². The predicted octanol–water partition coefficient (Wildman–Crippen LogP) is 4.62. The number of nitrogen functional groups attached to an aromatic ring is 1. The molecule has 10 heteroatoms. The molecule has 3 aromatic rings. The SMILES string of the molecule is Cc1cccc(Nc2c(C)nc3c(N)cc(N4CCOCC4)nn23)c1C1CCN(C(=O)OC(C)(C)C)CC1. The Hall–Kier alpha value is -3.53. The number of ether oxygens (including phenoxy) is 2. The second-order valence-electron chi connectivity index (χ2n) is 11.2. The summed E-state index contributed by atoms with van der Waals surface area (Å²) in [5.74, 6) is 1.94. The number of nitrogens with zero attached hydrogens (tertiary/aromatic N) is 5. The molecule has 0 spiro atoms. The van der Waals surface area contributed by atoms with E-state index >= 15 is 0 Å². The fourth-order valence-corrected chi connectivity index (χ4v) is 5.36. The summed E-state index contributed by atoms with van der Waals surface area (Å²) in [5.41, 5.74) is 11.5. The van der Waals surface area contributed by atoms with Gasteiger partial charge in [-0.1, -0.05) is 12.1 Å².